The fourth-order valence-corrected chi connectivity index (χ4v) is 3.19. The lowest BCUT2D eigenvalue weighted by molar-refractivity contribution is -0.133. The first-order valence-corrected chi connectivity index (χ1v) is 8.80. The number of nitrogens with one attached hydrogen (secondary N) is 2. The molecule has 0 aliphatic carbocycles. The molecule has 0 spiro atoms. The molecule has 144 valence electrons. The molecule has 2 aliphatic rings. The molecule has 27 heavy (non-hydrogen) atoms. The molecule has 1 atom stereocenters. The number of ether oxygens (including phenoxy) is 1. The molecule has 2 fully saturated rings. The van der Waals surface area contributed by atoms with E-state index in [1.807, 2.05) is 0 Å². The molecule has 2 saturated heterocycles. The summed E-state index contributed by atoms with van der Waals surface area (Å²) in [5.74, 6) is 0.0444. The number of piperazine rings is 1. The average molecular weight is 374 g/mol. The summed E-state index contributed by atoms with van der Waals surface area (Å²) in [7, 11) is 1.55. The number of benzene rings is 1. The van der Waals surface area contributed by atoms with Crippen molar-refractivity contribution in [3.8, 4) is 5.75 Å². The van der Waals surface area contributed by atoms with Gasteiger partial charge in [-0.3, -0.25) is 19.7 Å². The van der Waals surface area contributed by atoms with E-state index in [4.69, 9.17) is 4.74 Å². The van der Waals surface area contributed by atoms with Crippen LogP contribution in [0.3, 0.4) is 0 Å². The number of imide groups is 1. The predicted molar refractivity (Wildman–Crippen MR) is 95.2 cm³/mol. The SMILES string of the molecule is COc1cccc(C(=O)N2CCN(C(=O)CC[C@@H]3NC(=O)NC3=O)CC2)c1. The van der Waals surface area contributed by atoms with Gasteiger partial charge in [-0.25, -0.2) is 4.79 Å². The predicted octanol–water partition coefficient (Wildman–Crippen LogP) is -0.0322. The average Bonchev–Trinajstić information content (AvgIpc) is 3.02. The van der Waals surface area contributed by atoms with E-state index in [2.05, 4.69) is 10.6 Å². The van der Waals surface area contributed by atoms with Crippen molar-refractivity contribution in [1.82, 2.24) is 20.4 Å². The number of nitrogens with zero attached hydrogens (tertiary/aromatic N) is 2. The third-order valence-electron chi connectivity index (χ3n) is 4.74. The van der Waals surface area contributed by atoms with Crippen molar-refractivity contribution in [1.29, 1.82) is 0 Å². The van der Waals surface area contributed by atoms with Gasteiger partial charge in [0, 0.05) is 38.2 Å². The van der Waals surface area contributed by atoms with Gasteiger partial charge in [0.25, 0.3) is 11.8 Å². The molecule has 1 aromatic carbocycles. The lowest BCUT2D eigenvalue weighted by Crippen LogP contribution is -2.50. The van der Waals surface area contributed by atoms with Crippen LogP contribution >= 0.6 is 0 Å². The number of amides is 5. The Kier molecular flexibility index (Phi) is 5.58. The lowest BCUT2D eigenvalue weighted by atomic mass is 10.1. The zero-order chi connectivity index (χ0) is 19.4. The molecule has 3 rings (SSSR count). The number of urea groups is 1. The van der Waals surface area contributed by atoms with Crippen molar-refractivity contribution in [2.75, 3.05) is 33.3 Å². The largest absolute Gasteiger partial charge is 0.497 e. The van der Waals surface area contributed by atoms with E-state index in [-0.39, 0.29) is 24.7 Å². The van der Waals surface area contributed by atoms with Crippen LogP contribution in [0, 0.1) is 0 Å². The third-order valence-corrected chi connectivity index (χ3v) is 4.74. The maximum Gasteiger partial charge on any atom is 0.322 e. The molecule has 2 heterocycles. The smallest absolute Gasteiger partial charge is 0.322 e. The molecule has 0 aromatic heterocycles. The Labute approximate surface area is 156 Å². The highest BCUT2D eigenvalue weighted by Crippen LogP contribution is 2.16. The van der Waals surface area contributed by atoms with Gasteiger partial charge in [-0.15, -0.1) is 0 Å². The molecule has 0 saturated carbocycles. The van der Waals surface area contributed by atoms with Crippen molar-refractivity contribution >= 4 is 23.8 Å². The van der Waals surface area contributed by atoms with Crippen LogP contribution in [-0.4, -0.2) is 72.9 Å². The molecular weight excluding hydrogens is 352 g/mol. The Balaban J connectivity index is 1.48. The fraction of sp³-hybridized carbons (Fsp3) is 0.444. The minimum Gasteiger partial charge on any atom is -0.497 e. The number of hydrogen-bond acceptors (Lipinski definition) is 5. The van der Waals surface area contributed by atoms with Crippen LogP contribution in [-0.2, 0) is 9.59 Å². The molecule has 9 heteroatoms. The summed E-state index contributed by atoms with van der Waals surface area (Å²) in [4.78, 5) is 50.9. The first-order chi connectivity index (χ1) is 13.0. The van der Waals surface area contributed by atoms with Gasteiger partial charge in [-0.1, -0.05) is 6.07 Å². The Morgan fingerprint density at radius 1 is 1.15 bits per heavy atom. The van der Waals surface area contributed by atoms with E-state index < -0.39 is 18.0 Å². The number of carbonyl (C=O) groups is 4. The van der Waals surface area contributed by atoms with Crippen LogP contribution in [0.15, 0.2) is 24.3 Å². The molecular formula is C18H22N4O5. The summed E-state index contributed by atoms with van der Waals surface area (Å²) >= 11 is 0. The standard InChI is InChI=1S/C18H22N4O5/c1-27-13-4-2-3-12(11-13)17(25)22-9-7-21(8-10-22)15(23)6-5-14-16(24)20-18(26)19-14/h2-4,11,14H,5-10H2,1H3,(H2,19,20,24,26)/t14-/m0/s1. The summed E-state index contributed by atoms with van der Waals surface area (Å²) in [6.45, 7) is 1.78. The zero-order valence-corrected chi connectivity index (χ0v) is 15.1. The third kappa shape index (κ3) is 4.36. The Bertz CT molecular complexity index is 758. The van der Waals surface area contributed by atoms with E-state index in [9.17, 15) is 19.2 Å². The fourth-order valence-electron chi connectivity index (χ4n) is 3.19. The molecule has 5 amide bonds. The quantitative estimate of drug-likeness (QED) is 0.704. The maximum absolute atomic E-state index is 12.6. The van der Waals surface area contributed by atoms with Gasteiger partial charge in [0.05, 0.1) is 7.11 Å². The van der Waals surface area contributed by atoms with Gasteiger partial charge in [-0.2, -0.15) is 0 Å². The van der Waals surface area contributed by atoms with Crippen molar-refractivity contribution in [2.24, 2.45) is 0 Å². The van der Waals surface area contributed by atoms with Crippen molar-refractivity contribution < 1.29 is 23.9 Å². The van der Waals surface area contributed by atoms with Crippen molar-refractivity contribution in [2.45, 2.75) is 18.9 Å². The Morgan fingerprint density at radius 2 is 1.85 bits per heavy atom. The normalized spacial score (nSPS) is 19.5. The van der Waals surface area contributed by atoms with Crippen molar-refractivity contribution in [3.63, 3.8) is 0 Å². The molecule has 1 aromatic rings. The van der Waals surface area contributed by atoms with E-state index in [1.54, 1.807) is 41.2 Å². The topological polar surface area (TPSA) is 108 Å². The van der Waals surface area contributed by atoms with E-state index in [0.29, 0.717) is 37.5 Å². The second-order valence-corrected chi connectivity index (χ2v) is 6.46. The summed E-state index contributed by atoms with van der Waals surface area (Å²) in [5.41, 5.74) is 0.553. The van der Waals surface area contributed by atoms with E-state index >= 15 is 0 Å². The van der Waals surface area contributed by atoms with Gasteiger partial charge >= 0.3 is 6.03 Å². The summed E-state index contributed by atoms with van der Waals surface area (Å²) in [6.07, 6.45) is 0.432. The lowest BCUT2D eigenvalue weighted by Gasteiger charge is -2.35. The number of rotatable bonds is 5. The van der Waals surface area contributed by atoms with Gasteiger partial charge in [0.2, 0.25) is 5.91 Å². The molecule has 9 nitrogen and oxygen atoms in total. The highest BCUT2D eigenvalue weighted by atomic mass is 16.5. The number of hydrogen-bond donors (Lipinski definition) is 2. The first kappa shape index (κ1) is 18.7. The van der Waals surface area contributed by atoms with Crippen LogP contribution in [0.25, 0.3) is 0 Å². The molecule has 0 bridgehead atoms. The van der Waals surface area contributed by atoms with Crippen LogP contribution in [0.4, 0.5) is 4.79 Å². The Hall–Kier alpha value is -3.10. The summed E-state index contributed by atoms with van der Waals surface area (Å²) in [5, 5.41) is 4.62. The second-order valence-electron chi connectivity index (χ2n) is 6.46. The van der Waals surface area contributed by atoms with E-state index in [1.165, 1.54) is 0 Å². The monoisotopic (exact) mass is 374 g/mol. The van der Waals surface area contributed by atoms with Crippen LogP contribution in [0.5, 0.6) is 5.75 Å². The van der Waals surface area contributed by atoms with Crippen LogP contribution in [0.1, 0.15) is 23.2 Å². The summed E-state index contributed by atoms with van der Waals surface area (Å²) < 4.78 is 5.15. The molecule has 2 aliphatic heterocycles. The number of carbonyl (C=O) groups excluding carboxylic acids is 4. The van der Waals surface area contributed by atoms with Crippen LogP contribution < -0.4 is 15.4 Å². The van der Waals surface area contributed by atoms with Gasteiger partial charge in [0.1, 0.15) is 11.8 Å². The van der Waals surface area contributed by atoms with Crippen molar-refractivity contribution in [3.05, 3.63) is 29.8 Å². The Morgan fingerprint density at radius 3 is 2.48 bits per heavy atom. The summed E-state index contributed by atoms with van der Waals surface area (Å²) in [6, 6.07) is 5.80. The molecule has 2 N–H and O–H groups in total. The van der Waals surface area contributed by atoms with E-state index in [0.717, 1.165) is 0 Å². The zero-order valence-electron chi connectivity index (χ0n) is 15.1. The number of methoxy groups -OCH3 is 1. The maximum atomic E-state index is 12.6. The van der Waals surface area contributed by atoms with Crippen LogP contribution in [0.2, 0.25) is 0 Å². The minimum absolute atomic E-state index is 0.0857. The molecule has 0 unspecified atom stereocenters. The van der Waals surface area contributed by atoms with Gasteiger partial charge in [-0.05, 0) is 24.6 Å². The second kappa shape index (κ2) is 8.07. The van der Waals surface area contributed by atoms with Gasteiger partial charge < -0.3 is 19.9 Å². The first-order valence-electron chi connectivity index (χ1n) is 8.80. The molecule has 0 radical (unpaired) electrons. The van der Waals surface area contributed by atoms with Gasteiger partial charge in [0.15, 0.2) is 0 Å². The highest BCUT2D eigenvalue weighted by Gasteiger charge is 2.31. The highest BCUT2D eigenvalue weighted by molar-refractivity contribution is 6.04. The minimum atomic E-state index is -0.655.